The Morgan fingerprint density at radius 1 is 1.60 bits per heavy atom. The molecule has 3 heteroatoms. The number of rotatable bonds is 3. The van der Waals surface area contributed by atoms with Gasteiger partial charge < -0.3 is 11.5 Å². The molecule has 10 heavy (non-hydrogen) atoms. The number of allylic oxidation sites excluding steroid dienone is 1. The van der Waals surface area contributed by atoms with Gasteiger partial charge in [-0.25, -0.2) is 0 Å². The lowest BCUT2D eigenvalue weighted by Gasteiger charge is -1.91. The molecule has 0 aliphatic rings. The third-order valence-electron chi connectivity index (χ3n) is 0.779. The van der Waals surface area contributed by atoms with Crippen molar-refractivity contribution in [1.29, 1.82) is 0 Å². The average Bonchev–Trinajstić information content (AvgIpc) is 1.82. The second-order valence-electron chi connectivity index (χ2n) is 1.94. The van der Waals surface area contributed by atoms with Gasteiger partial charge in [0.05, 0.1) is 6.54 Å². The third-order valence-corrected chi connectivity index (χ3v) is 0.779. The molecule has 0 spiro atoms. The molecule has 0 aromatic carbocycles. The minimum Gasteiger partial charge on any atom is -0.402 e. The van der Waals surface area contributed by atoms with Crippen LogP contribution in [0.2, 0.25) is 0 Å². The molecule has 0 rings (SSSR count). The van der Waals surface area contributed by atoms with Gasteiger partial charge >= 0.3 is 0 Å². The summed E-state index contributed by atoms with van der Waals surface area (Å²) >= 11 is 0. The highest BCUT2D eigenvalue weighted by molar-refractivity contribution is 5.91. The van der Waals surface area contributed by atoms with E-state index >= 15 is 0 Å². The van der Waals surface area contributed by atoms with E-state index in [0.717, 1.165) is 0 Å². The standard InChI is InChI=1S/C7H13N3/c1-3-4-10-7(9)5-6(2)8/h3,5H,1,4,8H2,2H3,(H2,9,10). The third kappa shape index (κ3) is 4.90. The van der Waals surface area contributed by atoms with Crippen LogP contribution in [-0.4, -0.2) is 12.4 Å². The molecule has 0 aliphatic carbocycles. The fourth-order valence-electron chi connectivity index (χ4n) is 0.449. The monoisotopic (exact) mass is 139 g/mol. The summed E-state index contributed by atoms with van der Waals surface area (Å²) in [6, 6.07) is 0. The first-order valence-corrected chi connectivity index (χ1v) is 3.01. The number of hydrogen-bond donors (Lipinski definition) is 2. The molecule has 0 atom stereocenters. The Morgan fingerprint density at radius 3 is 2.60 bits per heavy atom. The lowest BCUT2D eigenvalue weighted by molar-refractivity contribution is 1.23. The lowest BCUT2D eigenvalue weighted by Crippen LogP contribution is -2.10. The summed E-state index contributed by atoms with van der Waals surface area (Å²) in [4.78, 5) is 3.90. The largest absolute Gasteiger partial charge is 0.402 e. The second-order valence-corrected chi connectivity index (χ2v) is 1.94. The first kappa shape index (κ1) is 8.75. The van der Waals surface area contributed by atoms with Crippen LogP contribution in [-0.2, 0) is 0 Å². The van der Waals surface area contributed by atoms with Crippen molar-refractivity contribution in [2.24, 2.45) is 16.5 Å². The number of nitrogens with two attached hydrogens (primary N) is 2. The van der Waals surface area contributed by atoms with E-state index in [-0.39, 0.29) is 0 Å². The van der Waals surface area contributed by atoms with Gasteiger partial charge in [-0.1, -0.05) is 6.08 Å². The van der Waals surface area contributed by atoms with E-state index in [2.05, 4.69) is 11.6 Å². The summed E-state index contributed by atoms with van der Waals surface area (Å²) in [7, 11) is 0. The molecule has 0 aliphatic heterocycles. The maximum Gasteiger partial charge on any atom is 0.120 e. The Bertz CT molecular complexity index is 164. The summed E-state index contributed by atoms with van der Waals surface area (Å²) in [5.41, 5.74) is 11.4. The zero-order valence-corrected chi connectivity index (χ0v) is 6.17. The summed E-state index contributed by atoms with van der Waals surface area (Å²) in [6.45, 7) is 5.79. The lowest BCUT2D eigenvalue weighted by atomic mass is 10.4. The van der Waals surface area contributed by atoms with E-state index in [1.807, 2.05) is 0 Å². The van der Waals surface area contributed by atoms with Crippen LogP contribution in [0.15, 0.2) is 29.4 Å². The number of hydrogen-bond acceptors (Lipinski definition) is 2. The number of amidine groups is 1. The van der Waals surface area contributed by atoms with E-state index in [9.17, 15) is 0 Å². The van der Waals surface area contributed by atoms with Gasteiger partial charge in [0.15, 0.2) is 0 Å². The molecular weight excluding hydrogens is 126 g/mol. The van der Waals surface area contributed by atoms with Crippen molar-refractivity contribution in [2.45, 2.75) is 6.92 Å². The fraction of sp³-hybridized carbons (Fsp3) is 0.286. The second kappa shape index (κ2) is 4.61. The first-order chi connectivity index (χ1) is 4.66. The number of aliphatic imine (C=N–C) groups is 1. The van der Waals surface area contributed by atoms with Gasteiger partial charge in [-0.05, 0) is 13.0 Å². The van der Waals surface area contributed by atoms with E-state index < -0.39 is 0 Å². The molecule has 0 saturated heterocycles. The normalized spacial score (nSPS) is 13.3. The van der Waals surface area contributed by atoms with Gasteiger partial charge in [0, 0.05) is 5.70 Å². The van der Waals surface area contributed by atoms with Crippen LogP contribution in [0.3, 0.4) is 0 Å². The predicted octanol–water partition coefficient (Wildman–Crippen LogP) is 0.392. The van der Waals surface area contributed by atoms with Crippen molar-refractivity contribution in [1.82, 2.24) is 0 Å². The topological polar surface area (TPSA) is 64.4 Å². The van der Waals surface area contributed by atoms with Gasteiger partial charge in [-0.2, -0.15) is 0 Å². The van der Waals surface area contributed by atoms with Crippen LogP contribution < -0.4 is 11.5 Å². The highest BCUT2D eigenvalue weighted by Crippen LogP contribution is 1.80. The molecule has 0 radical (unpaired) electrons. The summed E-state index contributed by atoms with van der Waals surface area (Å²) < 4.78 is 0. The highest BCUT2D eigenvalue weighted by Gasteiger charge is 1.82. The molecule has 0 saturated carbocycles. The van der Waals surface area contributed by atoms with Crippen molar-refractivity contribution >= 4 is 5.84 Å². The molecule has 4 N–H and O–H groups in total. The van der Waals surface area contributed by atoms with Crippen LogP contribution in [0.4, 0.5) is 0 Å². The molecule has 0 heterocycles. The Kier molecular flexibility index (Phi) is 4.04. The Balaban J connectivity index is 3.94. The molecule has 0 bridgehead atoms. The zero-order chi connectivity index (χ0) is 7.98. The van der Waals surface area contributed by atoms with E-state index in [4.69, 9.17) is 11.5 Å². The summed E-state index contributed by atoms with van der Waals surface area (Å²) in [5.74, 6) is 0.444. The fourth-order valence-corrected chi connectivity index (χ4v) is 0.449. The SMILES string of the molecule is C=CCN=C(N)C=C(C)N. The number of nitrogens with zero attached hydrogens (tertiary/aromatic N) is 1. The average molecular weight is 139 g/mol. The minimum absolute atomic E-state index is 0.444. The molecule has 3 nitrogen and oxygen atoms in total. The van der Waals surface area contributed by atoms with Gasteiger partial charge in [-0.15, -0.1) is 6.58 Å². The van der Waals surface area contributed by atoms with Crippen LogP contribution in [0.1, 0.15) is 6.92 Å². The molecule has 0 fully saturated rings. The van der Waals surface area contributed by atoms with E-state index in [0.29, 0.717) is 18.1 Å². The van der Waals surface area contributed by atoms with E-state index in [1.165, 1.54) is 0 Å². The van der Waals surface area contributed by atoms with Crippen molar-refractivity contribution in [2.75, 3.05) is 6.54 Å². The van der Waals surface area contributed by atoms with Crippen molar-refractivity contribution in [3.63, 3.8) is 0 Å². The Labute approximate surface area is 61.1 Å². The van der Waals surface area contributed by atoms with E-state index in [1.54, 1.807) is 19.1 Å². The molecular formula is C7H13N3. The van der Waals surface area contributed by atoms with Crippen molar-refractivity contribution in [3.8, 4) is 0 Å². The van der Waals surface area contributed by atoms with Crippen LogP contribution in [0.25, 0.3) is 0 Å². The van der Waals surface area contributed by atoms with Crippen LogP contribution in [0.5, 0.6) is 0 Å². The van der Waals surface area contributed by atoms with Crippen LogP contribution >= 0.6 is 0 Å². The minimum atomic E-state index is 0.444. The molecule has 0 unspecified atom stereocenters. The maximum atomic E-state index is 5.41. The Hall–Kier alpha value is -1.25. The van der Waals surface area contributed by atoms with Gasteiger partial charge in [0.25, 0.3) is 0 Å². The zero-order valence-electron chi connectivity index (χ0n) is 6.17. The van der Waals surface area contributed by atoms with Gasteiger partial charge in [0.1, 0.15) is 5.84 Å². The highest BCUT2D eigenvalue weighted by atomic mass is 14.8. The summed E-state index contributed by atoms with van der Waals surface area (Å²) in [6.07, 6.45) is 3.29. The quantitative estimate of drug-likeness (QED) is 0.337. The molecule has 0 amide bonds. The summed E-state index contributed by atoms with van der Waals surface area (Å²) in [5, 5.41) is 0. The van der Waals surface area contributed by atoms with Crippen molar-refractivity contribution in [3.05, 3.63) is 24.4 Å². The Morgan fingerprint density at radius 2 is 2.20 bits per heavy atom. The first-order valence-electron chi connectivity index (χ1n) is 3.01. The van der Waals surface area contributed by atoms with Gasteiger partial charge in [-0.3, -0.25) is 4.99 Å². The van der Waals surface area contributed by atoms with Crippen molar-refractivity contribution < 1.29 is 0 Å². The molecule has 0 aromatic heterocycles. The maximum absolute atomic E-state index is 5.41. The van der Waals surface area contributed by atoms with Crippen LogP contribution in [0, 0.1) is 0 Å². The molecule has 0 aromatic rings. The molecule has 56 valence electrons. The predicted molar refractivity (Wildman–Crippen MR) is 44.6 cm³/mol. The van der Waals surface area contributed by atoms with Gasteiger partial charge in [0.2, 0.25) is 0 Å². The smallest absolute Gasteiger partial charge is 0.120 e.